The van der Waals surface area contributed by atoms with Gasteiger partial charge in [0.25, 0.3) is 5.69 Å². The fourth-order valence-electron chi connectivity index (χ4n) is 1.89. The van der Waals surface area contributed by atoms with Gasteiger partial charge in [-0.2, -0.15) is 0 Å². The second kappa shape index (κ2) is 4.99. The molecule has 2 rings (SSSR count). The Morgan fingerprint density at radius 3 is 2.89 bits per heavy atom. The summed E-state index contributed by atoms with van der Waals surface area (Å²) in [5.41, 5.74) is 1.40. The minimum atomic E-state index is -0.624. The first-order valence-electron chi connectivity index (χ1n) is 5.53. The van der Waals surface area contributed by atoms with E-state index in [0.29, 0.717) is 18.5 Å². The third kappa shape index (κ3) is 2.39. The number of rotatable bonds is 4. The average Bonchev–Trinajstić information content (AvgIpc) is 2.34. The van der Waals surface area contributed by atoms with Crippen LogP contribution in [0.4, 0.5) is 21.5 Å². The highest BCUT2D eigenvalue weighted by Crippen LogP contribution is 2.33. The van der Waals surface area contributed by atoms with E-state index in [0.717, 1.165) is 5.56 Å². The van der Waals surface area contributed by atoms with E-state index in [4.69, 9.17) is 0 Å². The molecule has 18 heavy (non-hydrogen) atoms. The predicted octanol–water partition coefficient (Wildman–Crippen LogP) is 1.86. The van der Waals surface area contributed by atoms with Crippen LogP contribution >= 0.6 is 0 Å². The number of alkyl halides is 1. The summed E-state index contributed by atoms with van der Waals surface area (Å²) in [4.78, 5) is 21.6. The number of halogens is 1. The molecular formula is C11H12FN3O3. The van der Waals surface area contributed by atoms with Crippen molar-refractivity contribution in [3.05, 3.63) is 27.8 Å². The number of fused-ring (bicyclic) bond motifs is 1. The van der Waals surface area contributed by atoms with Gasteiger partial charge in [0.2, 0.25) is 5.91 Å². The van der Waals surface area contributed by atoms with E-state index >= 15 is 0 Å². The zero-order chi connectivity index (χ0) is 13.1. The lowest BCUT2D eigenvalue weighted by molar-refractivity contribution is -0.384. The predicted molar refractivity (Wildman–Crippen MR) is 64.5 cm³/mol. The van der Waals surface area contributed by atoms with Gasteiger partial charge in [0, 0.05) is 24.7 Å². The van der Waals surface area contributed by atoms with Crippen LogP contribution in [0.3, 0.4) is 0 Å². The number of carbonyl (C=O) groups excluding carboxylic acids is 1. The van der Waals surface area contributed by atoms with Crippen molar-refractivity contribution in [1.29, 1.82) is 0 Å². The molecule has 0 saturated heterocycles. The molecule has 1 aliphatic rings. The molecule has 1 aliphatic heterocycles. The summed E-state index contributed by atoms with van der Waals surface area (Å²) in [6.07, 6.45) is 0.798. The molecule has 1 heterocycles. The maximum absolute atomic E-state index is 12.1. The lowest BCUT2D eigenvalue weighted by Crippen LogP contribution is -2.19. The van der Waals surface area contributed by atoms with Crippen molar-refractivity contribution >= 4 is 23.0 Å². The number of nitrogens with zero attached hydrogens (tertiary/aromatic N) is 1. The first-order chi connectivity index (χ1) is 8.61. The molecular weight excluding hydrogens is 241 g/mol. The van der Waals surface area contributed by atoms with E-state index in [9.17, 15) is 19.3 Å². The highest BCUT2D eigenvalue weighted by Gasteiger charge is 2.22. The number of carbonyl (C=O) groups is 1. The van der Waals surface area contributed by atoms with Crippen molar-refractivity contribution in [2.45, 2.75) is 12.8 Å². The number of nitrogens with one attached hydrogen (secondary N) is 2. The van der Waals surface area contributed by atoms with Crippen molar-refractivity contribution in [3.8, 4) is 0 Å². The lowest BCUT2D eigenvalue weighted by atomic mass is 10.0. The quantitative estimate of drug-likeness (QED) is 0.633. The molecule has 0 bridgehead atoms. The third-order valence-corrected chi connectivity index (χ3v) is 2.72. The van der Waals surface area contributed by atoms with Crippen LogP contribution in [0.5, 0.6) is 0 Å². The first kappa shape index (κ1) is 12.3. The number of nitro groups is 1. The number of benzene rings is 1. The highest BCUT2D eigenvalue weighted by atomic mass is 19.1. The second-order valence-corrected chi connectivity index (χ2v) is 3.95. The van der Waals surface area contributed by atoms with E-state index in [1.54, 1.807) is 0 Å². The number of aryl methyl sites for hydroxylation is 1. The van der Waals surface area contributed by atoms with Crippen LogP contribution in [0.1, 0.15) is 12.0 Å². The number of hydrogen-bond donors (Lipinski definition) is 2. The van der Waals surface area contributed by atoms with Gasteiger partial charge >= 0.3 is 0 Å². The Labute approximate surface area is 102 Å². The smallest absolute Gasteiger partial charge is 0.292 e. The summed E-state index contributed by atoms with van der Waals surface area (Å²) in [7, 11) is 0. The molecule has 0 radical (unpaired) electrons. The Hall–Kier alpha value is -2.18. The number of amides is 1. The van der Waals surface area contributed by atoms with Gasteiger partial charge < -0.3 is 10.6 Å². The Kier molecular flexibility index (Phi) is 3.40. The summed E-state index contributed by atoms with van der Waals surface area (Å²) in [6.45, 7) is -0.631. The molecule has 1 aromatic rings. The third-order valence-electron chi connectivity index (χ3n) is 2.72. The van der Waals surface area contributed by atoms with Gasteiger partial charge in [0.1, 0.15) is 12.4 Å². The topological polar surface area (TPSA) is 84.3 Å². The fourth-order valence-corrected chi connectivity index (χ4v) is 1.89. The molecule has 1 aromatic carbocycles. The van der Waals surface area contributed by atoms with Crippen molar-refractivity contribution in [2.75, 3.05) is 23.9 Å². The van der Waals surface area contributed by atoms with E-state index in [1.165, 1.54) is 12.1 Å². The number of hydrogen-bond acceptors (Lipinski definition) is 4. The second-order valence-electron chi connectivity index (χ2n) is 3.95. The van der Waals surface area contributed by atoms with Gasteiger partial charge in [-0.3, -0.25) is 14.9 Å². The van der Waals surface area contributed by atoms with Crippen LogP contribution in [-0.2, 0) is 11.2 Å². The van der Waals surface area contributed by atoms with Crippen LogP contribution in [0.2, 0.25) is 0 Å². The average molecular weight is 253 g/mol. The summed E-state index contributed by atoms with van der Waals surface area (Å²) in [6, 6.07) is 2.91. The Morgan fingerprint density at radius 1 is 1.44 bits per heavy atom. The van der Waals surface area contributed by atoms with Crippen LogP contribution < -0.4 is 10.6 Å². The van der Waals surface area contributed by atoms with Gasteiger partial charge in [-0.05, 0) is 18.1 Å². The number of anilines is 2. The standard InChI is InChI=1S/C11H12FN3O3/c12-3-4-13-9-6-8-7(1-2-11(16)14-8)5-10(9)15(17)18/h5-6,13H,1-4H2,(H,14,16). The first-order valence-corrected chi connectivity index (χ1v) is 5.53. The normalized spacial score (nSPS) is 13.7. The molecule has 0 aliphatic carbocycles. The van der Waals surface area contributed by atoms with E-state index in [1.807, 2.05) is 0 Å². The van der Waals surface area contributed by atoms with Crippen LogP contribution in [0, 0.1) is 10.1 Å². The summed E-state index contributed by atoms with van der Waals surface area (Å²) in [5, 5.41) is 16.2. The van der Waals surface area contributed by atoms with E-state index in [-0.39, 0.29) is 23.8 Å². The van der Waals surface area contributed by atoms with Crippen LogP contribution in [-0.4, -0.2) is 24.0 Å². The molecule has 7 heteroatoms. The summed E-state index contributed by atoms with van der Waals surface area (Å²) in [5.74, 6) is -0.118. The zero-order valence-electron chi connectivity index (χ0n) is 9.53. The zero-order valence-corrected chi connectivity index (χ0v) is 9.53. The summed E-state index contributed by atoms with van der Waals surface area (Å²) < 4.78 is 12.1. The Balaban J connectivity index is 2.40. The molecule has 0 saturated carbocycles. The molecule has 0 fully saturated rings. The monoisotopic (exact) mass is 253 g/mol. The molecule has 0 atom stereocenters. The van der Waals surface area contributed by atoms with Gasteiger partial charge in [-0.1, -0.05) is 0 Å². The molecule has 1 amide bonds. The van der Waals surface area contributed by atoms with Gasteiger partial charge in [-0.15, -0.1) is 0 Å². The minimum absolute atomic E-state index is 0.00638. The van der Waals surface area contributed by atoms with Crippen LogP contribution in [0.15, 0.2) is 12.1 Å². The highest BCUT2D eigenvalue weighted by molar-refractivity contribution is 5.95. The molecule has 0 spiro atoms. The SMILES string of the molecule is O=C1CCc2cc([N+](=O)[O-])c(NCCF)cc2N1. The fraction of sp³-hybridized carbons (Fsp3) is 0.364. The summed E-state index contributed by atoms with van der Waals surface area (Å²) >= 11 is 0. The van der Waals surface area contributed by atoms with Crippen molar-refractivity contribution in [1.82, 2.24) is 0 Å². The van der Waals surface area contributed by atoms with E-state index in [2.05, 4.69) is 10.6 Å². The maximum Gasteiger partial charge on any atom is 0.292 e. The largest absolute Gasteiger partial charge is 0.377 e. The minimum Gasteiger partial charge on any atom is -0.377 e. The lowest BCUT2D eigenvalue weighted by Gasteiger charge is -2.18. The Morgan fingerprint density at radius 2 is 2.22 bits per heavy atom. The van der Waals surface area contributed by atoms with Crippen LogP contribution in [0.25, 0.3) is 0 Å². The number of nitro benzene ring substituents is 1. The van der Waals surface area contributed by atoms with Gasteiger partial charge in [-0.25, -0.2) is 4.39 Å². The Bertz CT molecular complexity index is 505. The molecule has 0 unspecified atom stereocenters. The van der Waals surface area contributed by atoms with Crippen molar-refractivity contribution in [3.63, 3.8) is 0 Å². The molecule has 96 valence electrons. The molecule has 2 N–H and O–H groups in total. The van der Waals surface area contributed by atoms with Gasteiger partial charge in [0.05, 0.1) is 4.92 Å². The van der Waals surface area contributed by atoms with Crippen molar-refractivity contribution in [2.24, 2.45) is 0 Å². The maximum atomic E-state index is 12.1. The van der Waals surface area contributed by atoms with Crippen molar-refractivity contribution < 1.29 is 14.1 Å². The molecule has 6 nitrogen and oxygen atoms in total. The van der Waals surface area contributed by atoms with Gasteiger partial charge in [0.15, 0.2) is 0 Å². The van der Waals surface area contributed by atoms with E-state index < -0.39 is 11.6 Å². The molecule has 0 aromatic heterocycles.